The smallest absolute Gasteiger partial charge is 0.228 e. The maximum absolute atomic E-state index is 13.6. The normalized spacial score (nSPS) is 10.3. The zero-order valence-electron chi connectivity index (χ0n) is 11.1. The molecule has 0 aromatic heterocycles. The molecule has 0 fully saturated rings. The van der Waals surface area contributed by atoms with E-state index >= 15 is 0 Å². The van der Waals surface area contributed by atoms with Crippen molar-refractivity contribution in [2.24, 2.45) is 0 Å². The van der Waals surface area contributed by atoms with E-state index in [2.05, 4.69) is 5.32 Å². The van der Waals surface area contributed by atoms with Crippen LogP contribution in [0.15, 0.2) is 42.5 Å². The van der Waals surface area contributed by atoms with E-state index in [0.29, 0.717) is 5.69 Å². The maximum atomic E-state index is 13.6. The molecule has 0 radical (unpaired) electrons. The van der Waals surface area contributed by atoms with Crippen molar-refractivity contribution in [3.8, 4) is 0 Å². The number of aryl methyl sites for hydroxylation is 1. The number of rotatable bonds is 4. The van der Waals surface area contributed by atoms with Crippen LogP contribution in [0, 0.1) is 5.82 Å². The van der Waals surface area contributed by atoms with Gasteiger partial charge in [0.1, 0.15) is 5.82 Å². The van der Waals surface area contributed by atoms with E-state index in [1.165, 1.54) is 12.1 Å². The van der Waals surface area contributed by atoms with Gasteiger partial charge in [0.2, 0.25) is 5.91 Å². The van der Waals surface area contributed by atoms with Gasteiger partial charge in [-0.05, 0) is 36.2 Å². The van der Waals surface area contributed by atoms with Crippen molar-refractivity contribution in [1.29, 1.82) is 0 Å². The number of carbonyl (C=O) groups is 1. The largest absolute Gasteiger partial charge is 0.326 e. The molecule has 0 bridgehead atoms. The first kappa shape index (κ1) is 14.5. The van der Waals surface area contributed by atoms with Gasteiger partial charge >= 0.3 is 0 Å². The van der Waals surface area contributed by atoms with Crippen LogP contribution < -0.4 is 5.32 Å². The van der Waals surface area contributed by atoms with Crippen LogP contribution in [0.5, 0.6) is 0 Å². The van der Waals surface area contributed by atoms with Gasteiger partial charge in [0.25, 0.3) is 0 Å². The van der Waals surface area contributed by atoms with Gasteiger partial charge in [0, 0.05) is 16.3 Å². The van der Waals surface area contributed by atoms with Crippen molar-refractivity contribution in [3.63, 3.8) is 0 Å². The molecule has 1 N–H and O–H groups in total. The molecule has 0 atom stereocenters. The summed E-state index contributed by atoms with van der Waals surface area (Å²) in [5.74, 6) is -0.750. The Morgan fingerprint density at radius 2 is 2.00 bits per heavy atom. The highest BCUT2D eigenvalue weighted by Crippen LogP contribution is 2.20. The second-order valence-corrected chi connectivity index (χ2v) is 4.89. The monoisotopic (exact) mass is 291 g/mol. The van der Waals surface area contributed by atoms with Crippen molar-refractivity contribution < 1.29 is 9.18 Å². The molecule has 2 aromatic rings. The van der Waals surface area contributed by atoms with Gasteiger partial charge in [-0.2, -0.15) is 0 Å². The highest BCUT2D eigenvalue weighted by Gasteiger charge is 2.12. The molecule has 4 heteroatoms. The Bertz CT molecular complexity index is 607. The number of anilines is 1. The maximum Gasteiger partial charge on any atom is 0.228 e. The summed E-state index contributed by atoms with van der Waals surface area (Å²) < 4.78 is 13.6. The Morgan fingerprint density at radius 1 is 1.25 bits per heavy atom. The first-order chi connectivity index (χ1) is 9.60. The molecule has 20 heavy (non-hydrogen) atoms. The van der Waals surface area contributed by atoms with Gasteiger partial charge in [0.15, 0.2) is 0 Å². The number of hydrogen-bond acceptors (Lipinski definition) is 1. The van der Waals surface area contributed by atoms with Crippen LogP contribution in [0.25, 0.3) is 0 Å². The van der Waals surface area contributed by atoms with Crippen LogP contribution in [0.4, 0.5) is 10.1 Å². The van der Waals surface area contributed by atoms with E-state index in [1.54, 1.807) is 12.1 Å². The van der Waals surface area contributed by atoms with Crippen LogP contribution >= 0.6 is 11.6 Å². The summed E-state index contributed by atoms with van der Waals surface area (Å²) in [5.41, 5.74) is 2.06. The molecular formula is C16H15ClFNO. The number of hydrogen-bond donors (Lipinski definition) is 1. The number of benzene rings is 2. The molecular weight excluding hydrogens is 277 g/mol. The Kier molecular flexibility index (Phi) is 4.74. The van der Waals surface area contributed by atoms with E-state index in [9.17, 15) is 9.18 Å². The Hall–Kier alpha value is -1.87. The minimum absolute atomic E-state index is 0.0815. The third kappa shape index (κ3) is 3.58. The van der Waals surface area contributed by atoms with Gasteiger partial charge in [-0.25, -0.2) is 4.39 Å². The number of amides is 1. The van der Waals surface area contributed by atoms with Crippen molar-refractivity contribution in [1.82, 2.24) is 0 Å². The zero-order chi connectivity index (χ0) is 14.5. The molecule has 0 aliphatic heterocycles. The summed E-state index contributed by atoms with van der Waals surface area (Å²) in [5, 5.41) is 3.02. The Balaban J connectivity index is 2.09. The van der Waals surface area contributed by atoms with Gasteiger partial charge in [-0.3, -0.25) is 4.79 Å². The topological polar surface area (TPSA) is 29.1 Å². The van der Waals surface area contributed by atoms with Crippen LogP contribution in [-0.4, -0.2) is 5.91 Å². The van der Waals surface area contributed by atoms with E-state index in [0.717, 1.165) is 12.0 Å². The van der Waals surface area contributed by atoms with Crippen LogP contribution in [0.3, 0.4) is 0 Å². The second-order valence-electron chi connectivity index (χ2n) is 4.48. The molecule has 0 unspecified atom stereocenters. The van der Waals surface area contributed by atoms with Gasteiger partial charge < -0.3 is 5.32 Å². The van der Waals surface area contributed by atoms with E-state index in [4.69, 9.17) is 11.6 Å². The first-order valence-electron chi connectivity index (χ1n) is 6.42. The highest BCUT2D eigenvalue weighted by molar-refractivity contribution is 6.31. The minimum atomic E-state index is -0.463. The van der Waals surface area contributed by atoms with Crippen LogP contribution in [0.1, 0.15) is 18.1 Å². The van der Waals surface area contributed by atoms with Crippen molar-refractivity contribution in [2.75, 3.05) is 5.32 Å². The standard InChI is InChI=1S/C16H15ClFNO/c1-2-11-5-3-6-12(9-11)19-16(20)10-13-14(17)7-4-8-15(13)18/h3-9H,2,10H2,1H3,(H,19,20). The summed E-state index contributed by atoms with van der Waals surface area (Å²) in [4.78, 5) is 11.9. The van der Waals surface area contributed by atoms with Crippen LogP contribution in [-0.2, 0) is 17.6 Å². The van der Waals surface area contributed by atoms with Crippen LogP contribution in [0.2, 0.25) is 5.02 Å². The number of halogens is 2. The molecule has 1 amide bonds. The lowest BCUT2D eigenvalue weighted by molar-refractivity contribution is -0.115. The summed E-state index contributed by atoms with van der Waals surface area (Å²) >= 11 is 5.90. The summed E-state index contributed by atoms with van der Waals surface area (Å²) in [6, 6.07) is 12.0. The highest BCUT2D eigenvalue weighted by atomic mass is 35.5. The summed E-state index contributed by atoms with van der Waals surface area (Å²) in [6.07, 6.45) is 0.810. The van der Waals surface area contributed by atoms with Crippen molar-refractivity contribution in [2.45, 2.75) is 19.8 Å². The lowest BCUT2D eigenvalue weighted by atomic mass is 10.1. The lowest BCUT2D eigenvalue weighted by Crippen LogP contribution is -2.15. The summed E-state index contributed by atoms with van der Waals surface area (Å²) in [6.45, 7) is 2.04. The van der Waals surface area contributed by atoms with Gasteiger partial charge in [-0.1, -0.05) is 36.7 Å². The molecule has 2 aromatic carbocycles. The molecule has 2 rings (SSSR count). The SMILES string of the molecule is CCc1cccc(NC(=O)Cc2c(F)cccc2Cl)c1. The Labute approximate surface area is 122 Å². The number of carbonyl (C=O) groups excluding carboxylic acids is 1. The molecule has 0 spiro atoms. The van der Waals surface area contributed by atoms with E-state index in [1.807, 2.05) is 25.1 Å². The fourth-order valence-corrected chi connectivity index (χ4v) is 2.17. The average molecular weight is 292 g/mol. The molecule has 0 heterocycles. The van der Waals surface area contributed by atoms with Crippen molar-refractivity contribution >= 4 is 23.2 Å². The zero-order valence-corrected chi connectivity index (χ0v) is 11.9. The first-order valence-corrected chi connectivity index (χ1v) is 6.79. The fraction of sp³-hybridized carbons (Fsp3) is 0.188. The Morgan fingerprint density at radius 3 is 2.70 bits per heavy atom. The molecule has 104 valence electrons. The molecule has 2 nitrogen and oxygen atoms in total. The molecule has 0 saturated carbocycles. The second kappa shape index (κ2) is 6.53. The quantitative estimate of drug-likeness (QED) is 0.898. The minimum Gasteiger partial charge on any atom is -0.326 e. The third-order valence-corrected chi connectivity index (χ3v) is 3.37. The predicted molar refractivity (Wildman–Crippen MR) is 79.6 cm³/mol. The van der Waals surface area contributed by atoms with Gasteiger partial charge in [0.05, 0.1) is 6.42 Å². The average Bonchev–Trinajstić information content (AvgIpc) is 2.43. The lowest BCUT2D eigenvalue weighted by Gasteiger charge is -2.08. The summed E-state index contributed by atoms with van der Waals surface area (Å²) in [7, 11) is 0. The van der Waals surface area contributed by atoms with Gasteiger partial charge in [-0.15, -0.1) is 0 Å². The predicted octanol–water partition coefficient (Wildman–Crippen LogP) is 4.22. The third-order valence-electron chi connectivity index (χ3n) is 3.02. The number of nitrogens with one attached hydrogen (secondary N) is 1. The van der Waals surface area contributed by atoms with E-state index in [-0.39, 0.29) is 22.9 Å². The fourth-order valence-electron chi connectivity index (χ4n) is 1.94. The van der Waals surface area contributed by atoms with Crippen molar-refractivity contribution in [3.05, 3.63) is 64.4 Å². The molecule has 0 saturated heterocycles. The molecule has 0 aliphatic rings. The molecule has 0 aliphatic carbocycles. The van der Waals surface area contributed by atoms with E-state index < -0.39 is 5.82 Å².